The lowest BCUT2D eigenvalue weighted by Gasteiger charge is -2.09. The Labute approximate surface area is 126 Å². The van der Waals surface area contributed by atoms with Gasteiger partial charge in [0.25, 0.3) is 0 Å². The number of carbonyl (C=O) groups is 2. The van der Waals surface area contributed by atoms with E-state index in [2.05, 4.69) is 0 Å². The van der Waals surface area contributed by atoms with E-state index in [4.69, 9.17) is 9.15 Å². The van der Waals surface area contributed by atoms with Crippen LogP contribution in [0.5, 0.6) is 0 Å². The number of anilines is 1. The van der Waals surface area contributed by atoms with Gasteiger partial charge in [-0.15, -0.1) is 11.3 Å². The molecule has 0 fully saturated rings. The molecular formula is C13H10F3NO4S. The smallest absolute Gasteiger partial charge is 0.464 e. The molecule has 0 saturated heterocycles. The number of alkyl halides is 3. The molecule has 9 heteroatoms. The van der Waals surface area contributed by atoms with E-state index in [0.29, 0.717) is 0 Å². The van der Waals surface area contributed by atoms with Crippen molar-refractivity contribution in [2.24, 2.45) is 0 Å². The Morgan fingerprint density at radius 3 is 2.68 bits per heavy atom. The molecule has 0 unspecified atom stereocenters. The van der Waals surface area contributed by atoms with Crippen LogP contribution in [0.4, 0.5) is 18.2 Å². The molecule has 1 N–H and O–H groups in total. The van der Waals surface area contributed by atoms with Crippen LogP contribution in [0.1, 0.15) is 17.3 Å². The van der Waals surface area contributed by atoms with Crippen molar-refractivity contribution in [1.29, 1.82) is 0 Å². The van der Waals surface area contributed by atoms with Gasteiger partial charge in [-0.25, -0.2) is 4.79 Å². The summed E-state index contributed by atoms with van der Waals surface area (Å²) in [6, 6.07) is 3.11. The maximum absolute atomic E-state index is 12.4. The number of hydrogen-bond acceptors (Lipinski definition) is 5. The van der Waals surface area contributed by atoms with Crippen molar-refractivity contribution < 1.29 is 31.9 Å². The molecule has 0 bridgehead atoms. The summed E-state index contributed by atoms with van der Waals surface area (Å²) in [5.74, 6) is -2.72. The molecule has 0 aliphatic rings. The van der Waals surface area contributed by atoms with Crippen LogP contribution in [0.3, 0.4) is 0 Å². The lowest BCUT2D eigenvalue weighted by atomic mass is 10.1. The zero-order valence-corrected chi connectivity index (χ0v) is 12.0. The molecule has 0 aromatic carbocycles. The normalized spacial score (nSPS) is 11.3. The lowest BCUT2D eigenvalue weighted by Crippen LogP contribution is -2.30. The second-order valence-electron chi connectivity index (χ2n) is 4.00. The molecule has 2 aromatic rings. The van der Waals surface area contributed by atoms with Crippen molar-refractivity contribution in [2.45, 2.75) is 13.1 Å². The summed E-state index contributed by atoms with van der Waals surface area (Å²) < 4.78 is 47.0. The van der Waals surface area contributed by atoms with Crippen LogP contribution in [-0.4, -0.2) is 24.7 Å². The maximum Gasteiger partial charge on any atom is 0.471 e. The second-order valence-corrected chi connectivity index (χ2v) is 4.88. The summed E-state index contributed by atoms with van der Waals surface area (Å²) in [5, 5.41) is 2.85. The molecule has 2 aromatic heterocycles. The Balaban J connectivity index is 2.42. The van der Waals surface area contributed by atoms with Crippen molar-refractivity contribution in [2.75, 3.05) is 11.9 Å². The minimum Gasteiger partial charge on any atom is -0.464 e. The topological polar surface area (TPSA) is 68.5 Å². The molecule has 2 heterocycles. The Bertz CT molecular complexity index is 676. The summed E-state index contributed by atoms with van der Waals surface area (Å²) in [5.41, 5.74) is 0.0883. The van der Waals surface area contributed by atoms with Crippen LogP contribution in [0, 0.1) is 0 Å². The number of ether oxygens (including phenoxy) is 1. The zero-order valence-electron chi connectivity index (χ0n) is 11.2. The van der Waals surface area contributed by atoms with Crippen molar-refractivity contribution >= 4 is 28.2 Å². The second kappa shape index (κ2) is 6.22. The number of esters is 1. The quantitative estimate of drug-likeness (QED) is 0.867. The predicted octanol–water partition coefficient (Wildman–Crippen LogP) is 3.69. The largest absolute Gasteiger partial charge is 0.471 e. The molecule has 2 rings (SSSR count). The lowest BCUT2D eigenvalue weighted by molar-refractivity contribution is -0.167. The van der Waals surface area contributed by atoms with Gasteiger partial charge in [0.15, 0.2) is 0 Å². The molecule has 1 amide bonds. The summed E-state index contributed by atoms with van der Waals surface area (Å²) in [6.07, 6.45) is -3.70. The van der Waals surface area contributed by atoms with E-state index in [9.17, 15) is 22.8 Å². The molecule has 0 saturated carbocycles. The monoisotopic (exact) mass is 333 g/mol. The fourth-order valence-electron chi connectivity index (χ4n) is 1.64. The molecule has 0 aliphatic heterocycles. The fraction of sp³-hybridized carbons (Fsp3) is 0.231. The first-order valence-electron chi connectivity index (χ1n) is 6.05. The van der Waals surface area contributed by atoms with Crippen LogP contribution in [0.2, 0.25) is 0 Å². The maximum atomic E-state index is 12.4. The van der Waals surface area contributed by atoms with E-state index in [1.54, 1.807) is 24.4 Å². The number of halogens is 3. The van der Waals surface area contributed by atoms with E-state index >= 15 is 0 Å². The Morgan fingerprint density at radius 1 is 1.41 bits per heavy atom. The third kappa shape index (κ3) is 3.30. The molecule has 118 valence electrons. The Morgan fingerprint density at radius 2 is 2.14 bits per heavy atom. The van der Waals surface area contributed by atoms with E-state index in [1.165, 1.54) is 11.6 Å². The Kier molecular flexibility index (Phi) is 4.55. The van der Waals surface area contributed by atoms with Gasteiger partial charge < -0.3 is 14.5 Å². The van der Waals surface area contributed by atoms with Gasteiger partial charge in [0.2, 0.25) is 0 Å². The number of hydrogen-bond donors (Lipinski definition) is 1. The third-order valence-corrected chi connectivity index (χ3v) is 3.44. The first-order chi connectivity index (χ1) is 10.3. The highest BCUT2D eigenvalue weighted by molar-refractivity contribution is 7.15. The summed E-state index contributed by atoms with van der Waals surface area (Å²) in [6.45, 7) is 1.60. The van der Waals surface area contributed by atoms with Gasteiger partial charge in [0.05, 0.1) is 12.9 Å². The molecule has 0 atom stereocenters. The predicted molar refractivity (Wildman–Crippen MR) is 72.7 cm³/mol. The van der Waals surface area contributed by atoms with Crippen molar-refractivity contribution in [3.63, 3.8) is 0 Å². The average molecular weight is 333 g/mol. The number of rotatable bonds is 4. The molecular weight excluding hydrogens is 323 g/mol. The molecule has 22 heavy (non-hydrogen) atoms. The summed E-state index contributed by atoms with van der Waals surface area (Å²) in [7, 11) is 0. The third-order valence-electron chi connectivity index (χ3n) is 2.54. The van der Waals surface area contributed by atoms with Gasteiger partial charge in [-0.2, -0.15) is 13.2 Å². The van der Waals surface area contributed by atoms with E-state index < -0.39 is 18.1 Å². The number of carbonyl (C=O) groups excluding carboxylic acids is 2. The van der Waals surface area contributed by atoms with Gasteiger partial charge in [0, 0.05) is 10.9 Å². The Hall–Kier alpha value is -2.29. The standard InChI is InChI=1S/C13H10F3NO4S/c1-2-20-11(18)9-7(8-4-3-5-21-8)6-22-10(9)17-12(19)13(14,15)16/h3-6H,2H2,1H3,(H,17,19). The van der Waals surface area contributed by atoms with Crippen LogP contribution in [0.25, 0.3) is 11.3 Å². The summed E-state index contributed by atoms with van der Waals surface area (Å²) >= 11 is 0.780. The number of nitrogens with one attached hydrogen (secondary N) is 1. The van der Waals surface area contributed by atoms with Gasteiger partial charge >= 0.3 is 18.1 Å². The first kappa shape index (κ1) is 16.1. The van der Waals surface area contributed by atoms with Crippen LogP contribution in [0.15, 0.2) is 28.2 Å². The van der Waals surface area contributed by atoms with E-state index in [-0.39, 0.29) is 28.5 Å². The molecule has 0 aliphatic carbocycles. The molecule has 0 radical (unpaired) electrons. The van der Waals surface area contributed by atoms with Gasteiger partial charge in [-0.3, -0.25) is 4.79 Å². The van der Waals surface area contributed by atoms with Crippen molar-refractivity contribution in [3.8, 4) is 11.3 Å². The number of thiophene rings is 1. The molecule has 0 spiro atoms. The van der Waals surface area contributed by atoms with Crippen molar-refractivity contribution in [3.05, 3.63) is 29.3 Å². The SMILES string of the molecule is CCOC(=O)c1c(-c2ccco2)csc1NC(=O)C(F)(F)F. The van der Waals surface area contributed by atoms with Crippen LogP contribution < -0.4 is 5.32 Å². The summed E-state index contributed by atoms with van der Waals surface area (Å²) in [4.78, 5) is 23.0. The van der Waals surface area contributed by atoms with Crippen LogP contribution in [-0.2, 0) is 9.53 Å². The van der Waals surface area contributed by atoms with E-state index in [0.717, 1.165) is 11.3 Å². The van der Waals surface area contributed by atoms with Crippen LogP contribution >= 0.6 is 11.3 Å². The number of amides is 1. The average Bonchev–Trinajstić information content (AvgIpc) is 3.05. The number of furan rings is 1. The van der Waals surface area contributed by atoms with Gasteiger partial charge in [-0.1, -0.05) is 0 Å². The van der Waals surface area contributed by atoms with Gasteiger partial charge in [0.1, 0.15) is 16.3 Å². The minimum absolute atomic E-state index is 0.0406. The highest BCUT2D eigenvalue weighted by atomic mass is 32.1. The van der Waals surface area contributed by atoms with Crippen molar-refractivity contribution in [1.82, 2.24) is 0 Å². The molecule has 5 nitrogen and oxygen atoms in total. The highest BCUT2D eigenvalue weighted by Gasteiger charge is 2.40. The zero-order chi connectivity index (χ0) is 16.3. The fourth-order valence-corrected chi connectivity index (χ4v) is 2.58. The van der Waals surface area contributed by atoms with E-state index in [1.807, 2.05) is 0 Å². The highest BCUT2D eigenvalue weighted by Crippen LogP contribution is 2.37. The van der Waals surface area contributed by atoms with Gasteiger partial charge in [-0.05, 0) is 19.1 Å². The first-order valence-corrected chi connectivity index (χ1v) is 6.93. The minimum atomic E-state index is -5.05.